The average Bonchev–Trinajstić information content (AvgIpc) is 2.43. The third-order valence-electron chi connectivity index (χ3n) is 2.50. The van der Waals surface area contributed by atoms with Gasteiger partial charge in [0.1, 0.15) is 0 Å². The topological polar surface area (TPSA) is 49.4 Å². The molecule has 1 fully saturated rings. The summed E-state index contributed by atoms with van der Waals surface area (Å²) in [7, 11) is 0. The van der Waals surface area contributed by atoms with E-state index in [1.807, 2.05) is 18.7 Å². The highest BCUT2D eigenvalue weighted by Crippen LogP contribution is 2.19. The van der Waals surface area contributed by atoms with Crippen LogP contribution in [0.15, 0.2) is 0 Å². The minimum absolute atomic E-state index is 0.0274. The van der Waals surface area contributed by atoms with Gasteiger partial charge >= 0.3 is 0 Å². The SMILES string of the molecule is CC(=O)NCC1CC(=O)N(C(C)C)C1. The maximum absolute atomic E-state index is 11.5. The summed E-state index contributed by atoms with van der Waals surface area (Å²) in [5, 5.41) is 2.75. The summed E-state index contributed by atoms with van der Waals surface area (Å²) in [6.45, 7) is 6.91. The number of nitrogens with zero attached hydrogens (tertiary/aromatic N) is 1. The summed E-state index contributed by atoms with van der Waals surface area (Å²) in [5.41, 5.74) is 0. The molecule has 0 bridgehead atoms. The standard InChI is InChI=1S/C10H18N2O2/c1-7(2)12-6-9(4-10(12)14)5-11-8(3)13/h7,9H,4-6H2,1-3H3,(H,11,13). The van der Waals surface area contributed by atoms with Crippen LogP contribution < -0.4 is 5.32 Å². The van der Waals surface area contributed by atoms with Crippen LogP contribution in [0.2, 0.25) is 0 Å². The fourth-order valence-electron chi connectivity index (χ4n) is 1.73. The zero-order valence-electron chi connectivity index (χ0n) is 9.04. The van der Waals surface area contributed by atoms with Crippen molar-refractivity contribution >= 4 is 11.8 Å². The van der Waals surface area contributed by atoms with E-state index in [9.17, 15) is 9.59 Å². The molecular weight excluding hydrogens is 180 g/mol. The second-order valence-corrected chi connectivity index (χ2v) is 4.15. The molecule has 1 saturated heterocycles. The number of nitrogens with one attached hydrogen (secondary N) is 1. The number of hydrogen-bond donors (Lipinski definition) is 1. The van der Waals surface area contributed by atoms with Gasteiger partial charge in [-0.3, -0.25) is 9.59 Å². The molecule has 0 saturated carbocycles. The molecule has 80 valence electrons. The molecule has 1 unspecified atom stereocenters. The van der Waals surface area contributed by atoms with Crippen molar-refractivity contribution in [2.45, 2.75) is 33.2 Å². The molecular formula is C10H18N2O2. The fourth-order valence-corrected chi connectivity index (χ4v) is 1.73. The molecule has 4 nitrogen and oxygen atoms in total. The van der Waals surface area contributed by atoms with Crippen molar-refractivity contribution in [3.8, 4) is 0 Å². The van der Waals surface area contributed by atoms with Gasteiger partial charge in [0, 0.05) is 38.4 Å². The first-order chi connectivity index (χ1) is 6.50. The lowest BCUT2D eigenvalue weighted by Crippen LogP contribution is -2.33. The van der Waals surface area contributed by atoms with E-state index in [0.29, 0.717) is 13.0 Å². The largest absolute Gasteiger partial charge is 0.356 e. The highest BCUT2D eigenvalue weighted by atomic mass is 16.2. The summed E-state index contributed by atoms with van der Waals surface area (Å²) in [5.74, 6) is 0.463. The second kappa shape index (κ2) is 4.44. The molecule has 4 heteroatoms. The molecule has 0 spiro atoms. The van der Waals surface area contributed by atoms with Crippen LogP contribution in [-0.4, -0.2) is 35.8 Å². The van der Waals surface area contributed by atoms with Gasteiger partial charge < -0.3 is 10.2 Å². The third-order valence-corrected chi connectivity index (χ3v) is 2.50. The van der Waals surface area contributed by atoms with Gasteiger partial charge in [-0.15, -0.1) is 0 Å². The van der Waals surface area contributed by atoms with E-state index in [1.54, 1.807) is 0 Å². The van der Waals surface area contributed by atoms with Crippen molar-refractivity contribution in [3.63, 3.8) is 0 Å². The number of carbonyl (C=O) groups excluding carboxylic acids is 2. The molecule has 0 aromatic heterocycles. The summed E-state index contributed by atoms with van der Waals surface area (Å²) in [6, 6.07) is 0.268. The van der Waals surface area contributed by atoms with Crippen molar-refractivity contribution < 1.29 is 9.59 Å². The van der Waals surface area contributed by atoms with Gasteiger partial charge in [-0.2, -0.15) is 0 Å². The number of likely N-dealkylation sites (tertiary alicyclic amines) is 1. The molecule has 1 atom stereocenters. The van der Waals surface area contributed by atoms with E-state index in [4.69, 9.17) is 0 Å². The summed E-state index contributed by atoms with van der Waals surface area (Å²) >= 11 is 0. The molecule has 0 aromatic rings. The first-order valence-electron chi connectivity index (χ1n) is 5.04. The van der Waals surface area contributed by atoms with Gasteiger partial charge in [-0.05, 0) is 13.8 Å². The van der Waals surface area contributed by atoms with Crippen molar-refractivity contribution in [2.75, 3.05) is 13.1 Å². The minimum Gasteiger partial charge on any atom is -0.356 e. The first-order valence-corrected chi connectivity index (χ1v) is 5.04. The molecule has 0 aromatic carbocycles. The predicted molar refractivity (Wildman–Crippen MR) is 53.6 cm³/mol. The molecule has 1 heterocycles. The van der Waals surface area contributed by atoms with Crippen LogP contribution in [0.5, 0.6) is 0 Å². The Bertz CT molecular complexity index is 238. The molecule has 1 aliphatic rings. The number of amides is 2. The fraction of sp³-hybridized carbons (Fsp3) is 0.800. The highest BCUT2D eigenvalue weighted by molar-refractivity contribution is 5.79. The Kier molecular flexibility index (Phi) is 3.49. The molecule has 0 radical (unpaired) electrons. The van der Waals surface area contributed by atoms with Crippen LogP contribution in [0.4, 0.5) is 0 Å². The van der Waals surface area contributed by atoms with E-state index >= 15 is 0 Å². The minimum atomic E-state index is -0.0274. The van der Waals surface area contributed by atoms with E-state index in [-0.39, 0.29) is 23.8 Å². The maximum Gasteiger partial charge on any atom is 0.223 e. The lowest BCUT2D eigenvalue weighted by atomic mass is 10.1. The normalized spacial score (nSPS) is 21.9. The maximum atomic E-state index is 11.5. The molecule has 1 aliphatic heterocycles. The van der Waals surface area contributed by atoms with E-state index < -0.39 is 0 Å². The van der Waals surface area contributed by atoms with Crippen molar-refractivity contribution in [3.05, 3.63) is 0 Å². The second-order valence-electron chi connectivity index (χ2n) is 4.15. The van der Waals surface area contributed by atoms with Gasteiger partial charge in [0.15, 0.2) is 0 Å². The van der Waals surface area contributed by atoms with Crippen molar-refractivity contribution in [2.24, 2.45) is 5.92 Å². The first kappa shape index (κ1) is 11.0. The van der Waals surface area contributed by atoms with Gasteiger partial charge in [0.05, 0.1) is 0 Å². The average molecular weight is 198 g/mol. The monoisotopic (exact) mass is 198 g/mol. The Morgan fingerprint density at radius 3 is 2.71 bits per heavy atom. The van der Waals surface area contributed by atoms with Crippen LogP contribution in [-0.2, 0) is 9.59 Å². The molecule has 14 heavy (non-hydrogen) atoms. The van der Waals surface area contributed by atoms with Crippen LogP contribution in [0.3, 0.4) is 0 Å². The Hall–Kier alpha value is -1.06. The molecule has 1 rings (SSSR count). The summed E-state index contributed by atoms with van der Waals surface area (Å²) in [6.07, 6.45) is 0.568. The zero-order chi connectivity index (χ0) is 10.7. The van der Waals surface area contributed by atoms with Crippen LogP contribution >= 0.6 is 0 Å². The van der Waals surface area contributed by atoms with Crippen LogP contribution in [0, 0.1) is 5.92 Å². The van der Waals surface area contributed by atoms with Crippen LogP contribution in [0.25, 0.3) is 0 Å². The van der Waals surface area contributed by atoms with Crippen LogP contribution in [0.1, 0.15) is 27.2 Å². The van der Waals surface area contributed by atoms with E-state index in [2.05, 4.69) is 5.32 Å². The predicted octanol–water partition coefficient (Wildman–Crippen LogP) is 0.379. The molecule has 0 aliphatic carbocycles. The Labute approximate surface area is 84.7 Å². The van der Waals surface area contributed by atoms with Gasteiger partial charge in [-0.1, -0.05) is 0 Å². The highest BCUT2D eigenvalue weighted by Gasteiger charge is 2.30. The quantitative estimate of drug-likeness (QED) is 0.712. The van der Waals surface area contributed by atoms with Gasteiger partial charge in [0.2, 0.25) is 11.8 Å². The van der Waals surface area contributed by atoms with Gasteiger partial charge in [-0.25, -0.2) is 0 Å². The Balaban J connectivity index is 2.39. The smallest absolute Gasteiger partial charge is 0.223 e. The lowest BCUT2D eigenvalue weighted by Gasteiger charge is -2.20. The lowest BCUT2D eigenvalue weighted by molar-refractivity contribution is -0.129. The van der Waals surface area contributed by atoms with E-state index in [0.717, 1.165) is 6.54 Å². The number of hydrogen-bond acceptors (Lipinski definition) is 2. The summed E-state index contributed by atoms with van der Waals surface area (Å²) in [4.78, 5) is 24.0. The zero-order valence-corrected chi connectivity index (χ0v) is 9.04. The molecule has 1 N–H and O–H groups in total. The Morgan fingerprint density at radius 1 is 1.64 bits per heavy atom. The van der Waals surface area contributed by atoms with E-state index in [1.165, 1.54) is 6.92 Å². The van der Waals surface area contributed by atoms with Crippen molar-refractivity contribution in [1.82, 2.24) is 10.2 Å². The van der Waals surface area contributed by atoms with Gasteiger partial charge in [0.25, 0.3) is 0 Å². The Morgan fingerprint density at radius 2 is 2.29 bits per heavy atom. The number of carbonyl (C=O) groups is 2. The summed E-state index contributed by atoms with van der Waals surface area (Å²) < 4.78 is 0. The third kappa shape index (κ3) is 2.72. The molecule has 2 amide bonds. The van der Waals surface area contributed by atoms with Crippen molar-refractivity contribution in [1.29, 1.82) is 0 Å². The number of rotatable bonds is 3.